The molecule has 0 spiro atoms. The first kappa shape index (κ1) is 8.69. The van der Waals surface area contributed by atoms with Crippen LogP contribution in [0.5, 0.6) is 0 Å². The summed E-state index contributed by atoms with van der Waals surface area (Å²) in [6.45, 7) is 0.432. The molecular weight excluding hydrogens is 176 g/mol. The quantitative estimate of drug-likeness (QED) is 0.636. The smallest absolute Gasteiger partial charge is 0.0468 e. The van der Waals surface area contributed by atoms with Gasteiger partial charge in [-0.2, -0.15) is 0 Å². The number of aliphatic hydroxyl groups excluding tert-OH is 2. The van der Waals surface area contributed by atoms with E-state index in [4.69, 9.17) is 0 Å². The van der Waals surface area contributed by atoms with E-state index in [1.807, 2.05) is 0 Å². The molecule has 2 bridgehead atoms. The minimum Gasteiger partial charge on any atom is -0.396 e. The molecule has 4 rings (SSSR count). The van der Waals surface area contributed by atoms with Crippen LogP contribution in [0.15, 0.2) is 24.3 Å². The Morgan fingerprint density at radius 2 is 1.00 bits per heavy atom. The van der Waals surface area contributed by atoms with E-state index < -0.39 is 0 Å². The maximum absolute atomic E-state index is 9.37. The van der Waals surface area contributed by atoms with Crippen LogP contribution in [0.1, 0.15) is 0 Å². The summed E-state index contributed by atoms with van der Waals surface area (Å²) in [6.07, 6.45) is 9.04. The Labute approximate surface area is 83.9 Å². The molecule has 2 N–H and O–H groups in total. The zero-order valence-electron chi connectivity index (χ0n) is 8.08. The number of allylic oxidation sites excluding steroid dienone is 4. The van der Waals surface area contributed by atoms with Gasteiger partial charge in [-0.3, -0.25) is 0 Å². The largest absolute Gasteiger partial charge is 0.396 e. The van der Waals surface area contributed by atoms with Crippen LogP contribution in [0.2, 0.25) is 0 Å². The van der Waals surface area contributed by atoms with Crippen molar-refractivity contribution in [3.05, 3.63) is 24.3 Å². The van der Waals surface area contributed by atoms with Crippen LogP contribution in [-0.4, -0.2) is 23.4 Å². The van der Waals surface area contributed by atoms with Crippen molar-refractivity contribution in [2.24, 2.45) is 35.5 Å². The SMILES string of the molecule is OC[C@@H]1[C@H]2C=C[C@@H]([C@@H]3C=C[C@@H]32)[C@@H]1CO. The maximum atomic E-state index is 9.37. The Morgan fingerprint density at radius 3 is 1.29 bits per heavy atom. The molecule has 0 unspecified atom stereocenters. The molecule has 14 heavy (non-hydrogen) atoms. The van der Waals surface area contributed by atoms with Crippen molar-refractivity contribution in [3.8, 4) is 0 Å². The van der Waals surface area contributed by atoms with Gasteiger partial charge in [0.2, 0.25) is 0 Å². The van der Waals surface area contributed by atoms with Gasteiger partial charge in [-0.1, -0.05) is 24.3 Å². The lowest BCUT2D eigenvalue weighted by molar-refractivity contribution is -0.0239. The summed E-state index contributed by atoms with van der Waals surface area (Å²) in [5.41, 5.74) is 0. The van der Waals surface area contributed by atoms with Crippen LogP contribution in [-0.2, 0) is 0 Å². The van der Waals surface area contributed by atoms with Gasteiger partial charge >= 0.3 is 0 Å². The van der Waals surface area contributed by atoms with Crippen molar-refractivity contribution in [2.45, 2.75) is 0 Å². The highest BCUT2D eigenvalue weighted by atomic mass is 16.3. The molecule has 76 valence electrons. The Morgan fingerprint density at radius 1 is 0.643 bits per heavy atom. The third-order valence-electron chi connectivity index (χ3n) is 4.40. The summed E-state index contributed by atoms with van der Waals surface area (Å²) < 4.78 is 0. The molecule has 1 fully saturated rings. The van der Waals surface area contributed by atoms with Crippen molar-refractivity contribution in [1.29, 1.82) is 0 Å². The van der Waals surface area contributed by atoms with Crippen molar-refractivity contribution < 1.29 is 10.2 Å². The molecule has 2 nitrogen and oxygen atoms in total. The lowest BCUT2D eigenvalue weighted by Gasteiger charge is -2.55. The van der Waals surface area contributed by atoms with E-state index in [9.17, 15) is 10.2 Å². The first-order valence-corrected chi connectivity index (χ1v) is 5.45. The van der Waals surface area contributed by atoms with E-state index in [1.165, 1.54) is 0 Å². The van der Waals surface area contributed by atoms with E-state index in [0.717, 1.165) is 0 Å². The third-order valence-corrected chi connectivity index (χ3v) is 4.40. The Bertz CT molecular complexity index is 267. The highest BCUT2D eigenvalue weighted by Gasteiger charge is 2.51. The highest BCUT2D eigenvalue weighted by Crippen LogP contribution is 2.55. The lowest BCUT2D eigenvalue weighted by atomic mass is 9.50. The van der Waals surface area contributed by atoms with Crippen LogP contribution in [0, 0.1) is 35.5 Å². The fourth-order valence-corrected chi connectivity index (χ4v) is 3.59. The predicted octanol–water partition coefficient (Wildman–Crippen LogP) is 0.821. The van der Waals surface area contributed by atoms with Crippen molar-refractivity contribution in [3.63, 3.8) is 0 Å². The monoisotopic (exact) mass is 192 g/mol. The number of hydrogen-bond donors (Lipinski definition) is 2. The van der Waals surface area contributed by atoms with Gasteiger partial charge in [0.1, 0.15) is 0 Å². The second kappa shape index (κ2) is 2.94. The molecule has 2 heteroatoms. The molecule has 1 saturated carbocycles. The van der Waals surface area contributed by atoms with Crippen molar-refractivity contribution in [2.75, 3.05) is 13.2 Å². The summed E-state index contributed by atoms with van der Waals surface area (Å²) >= 11 is 0. The third kappa shape index (κ3) is 0.882. The number of hydrogen-bond acceptors (Lipinski definition) is 2. The minimum atomic E-state index is 0.216. The van der Waals surface area contributed by atoms with Crippen LogP contribution in [0.4, 0.5) is 0 Å². The highest BCUT2D eigenvalue weighted by molar-refractivity contribution is 5.27. The molecule has 0 aromatic carbocycles. The molecule has 6 atom stereocenters. The average molecular weight is 192 g/mol. The Hall–Kier alpha value is -0.600. The zero-order chi connectivity index (χ0) is 9.71. The van der Waals surface area contributed by atoms with E-state index in [0.29, 0.717) is 23.7 Å². The molecule has 4 aliphatic carbocycles. The van der Waals surface area contributed by atoms with Gasteiger partial charge in [0.15, 0.2) is 0 Å². The normalized spacial score (nSPS) is 53.0. The van der Waals surface area contributed by atoms with Gasteiger partial charge in [-0.25, -0.2) is 0 Å². The van der Waals surface area contributed by atoms with Crippen molar-refractivity contribution >= 4 is 0 Å². The van der Waals surface area contributed by atoms with Gasteiger partial charge in [0.25, 0.3) is 0 Å². The molecule has 4 aliphatic rings. The summed E-state index contributed by atoms with van der Waals surface area (Å²) in [7, 11) is 0. The van der Waals surface area contributed by atoms with Crippen LogP contribution in [0.3, 0.4) is 0 Å². The zero-order valence-corrected chi connectivity index (χ0v) is 8.08. The molecule has 0 saturated heterocycles. The van der Waals surface area contributed by atoms with Gasteiger partial charge in [-0.05, 0) is 35.5 Å². The van der Waals surface area contributed by atoms with Gasteiger partial charge < -0.3 is 10.2 Å². The van der Waals surface area contributed by atoms with Gasteiger partial charge in [0, 0.05) is 13.2 Å². The molecule has 0 aliphatic heterocycles. The first-order chi connectivity index (χ1) is 6.86. The maximum Gasteiger partial charge on any atom is 0.0468 e. The summed E-state index contributed by atoms with van der Waals surface area (Å²) in [6, 6.07) is 0. The summed E-state index contributed by atoms with van der Waals surface area (Å²) in [5, 5.41) is 18.7. The van der Waals surface area contributed by atoms with Gasteiger partial charge in [-0.15, -0.1) is 0 Å². The Kier molecular flexibility index (Phi) is 1.83. The van der Waals surface area contributed by atoms with Crippen LogP contribution < -0.4 is 0 Å². The predicted molar refractivity (Wildman–Crippen MR) is 53.4 cm³/mol. The van der Waals surface area contributed by atoms with Crippen LogP contribution >= 0.6 is 0 Å². The molecular formula is C12H16O2. The molecule has 0 aromatic heterocycles. The number of aliphatic hydroxyl groups is 2. The minimum absolute atomic E-state index is 0.216. The number of fused-ring (bicyclic) bond motifs is 1. The summed E-state index contributed by atoms with van der Waals surface area (Å²) in [5.74, 6) is 2.78. The van der Waals surface area contributed by atoms with Crippen molar-refractivity contribution in [1.82, 2.24) is 0 Å². The Balaban J connectivity index is 1.96. The second-order valence-corrected chi connectivity index (χ2v) is 4.77. The van der Waals surface area contributed by atoms with E-state index in [2.05, 4.69) is 24.3 Å². The lowest BCUT2D eigenvalue weighted by Crippen LogP contribution is -2.52. The van der Waals surface area contributed by atoms with E-state index >= 15 is 0 Å². The molecule has 0 amide bonds. The second-order valence-electron chi connectivity index (χ2n) is 4.77. The molecule has 0 aromatic rings. The fraction of sp³-hybridized carbons (Fsp3) is 0.667. The summed E-state index contributed by atoms with van der Waals surface area (Å²) in [4.78, 5) is 0. The standard InChI is InChI=1S/C12H16O2/c13-5-11-9-3-4-10(12(11)6-14)8-2-1-7(8)9/h1-4,7-14H,5-6H2/t7-,8+,9-,10-,11+,12-/m0/s1. The van der Waals surface area contributed by atoms with E-state index in [1.54, 1.807) is 0 Å². The topological polar surface area (TPSA) is 40.5 Å². The van der Waals surface area contributed by atoms with E-state index in [-0.39, 0.29) is 25.0 Å². The number of rotatable bonds is 2. The van der Waals surface area contributed by atoms with Crippen LogP contribution in [0.25, 0.3) is 0 Å². The average Bonchev–Trinajstić information content (AvgIpc) is 2.16. The molecule has 0 radical (unpaired) electrons. The fourth-order valence-electron chi connectivity index (χ4n) is 3.59. The molecule has 0 heterocycles. The first-order valence-electron chi connectivity index (χ1n) is 5.45. The van der Waals surface area contributed by atoms with Gasteiger partial charge in [0.05, 0.1) is 0 Å².